The minimum Gasteiger partial charge on any atom is -0.324 e. The van der Waals surface area contributed by atoms with Gasteiger partial charge in [0.2, 0.25) is 0 Å². The van der Waals surface area contributed by atoms with Gasteiger partial charge in [-0.25, -0.2) is 0 Å². The SMILES string of the molecule is NC(CC(=O)c1ccccc1C1CCC1)c1ccccc1. The molecule has 1 aliphatic carbocycles. The van der Waals surface area contributed by atoms with E-state index in [0.29, 0.717) is 12.3 Å². The van der Waals surface area contributed by atoms with E-state index in [2.05, 4.69) is 6.07 Å². The van der Waals surface area contributed by atoms with Crippen LogP contribution in [0.5, 0.6) is 0 Å². The van der Waals surface area contributed by atoms with Crippen molar-refractivity contribution in [3.8, 4) is 0 Å². The van der Waals surface area contributed by atoms with Crippen LogP contribution in [0.1, 0.15) is 59.1 Å². The fourth-order valence-electron chi connectivity index (χ4n) is 2.95. The molecule has 2 heteroatoms. The molecule has 1 fully saturated rings. The second-order valence-corrected chi connectivity index (χ2v) is 5.86. The van der Waals surface area contributed by atoms with Crippen molar-refractivity contribution < 1.29 is 4.79 Å². The fourth-order valence-corrected chi connectivity index (χ4v) is 2.95. The highest BCUT2D eigenvalue weighted by molar-refractivity contribution is 5.98. The van der Waals surface area contributed by atoms with Gasteiger partial charge in [0, 0.05) is 18.0 Å². The molecule has 3 rings (SSSR count). The van der Waals surface area contributed by atoms with Gasteiger partial charge >= 0.3 is 0 Å². The number of carbonyl (C=O) groups excluding carboxylic acids is 1. The van der Waals surface area contributed by atoms with E-state index in [9.17, 15) is 4.79 Å². The van der Waals surface area contributed by atoms with E-state index in [1.54, 1.807) is 0 Å². The third kappa shape index (κ3) is 3.06. The minimum absolute atomic E-state index is 0.161. The van der Waals surface area contributed by atoms with Crippen molar-refractivity contribution in [2.24, 2.45) is 5.73 Å². The van der Waals surface area contributed by atoms with E-state index in [1.165, 1.54) is 24.8 Å². The third-order valence-corrected chi connectivity index (χ3v) is 4.44. The molecule has 0 heterocycles. The van der Waals surface area contributed by atoms with Crippen LogP contribution in [-0.2, 0) is 0 Å². The summed E-state index contributed by atoms with van der Waals surface area (Å²) in [6, 6.07) is 17.6. The van der Waals surface area contributed by atoms with Gasteiger partial charge < -0.3 is 5.73 Å². The maximum absolute atomic E-state index is 12.6. The van der Waals surface area contributed by atoms with Crippen LogP contribution >= 0.6 is 0 Å². The molecule has 1 atom stereocenters. The van der Waals surface area contributed by atoms with E-state index >= 15 is 0 Å². The Hall–Kier alpha value is -1.93. The normalized spacial score (nSPS) is 16.2. The largest absolute Gasteiger partial charge is 0.324 e. The highest BCUT2D eigenvalue weighted by Crippen LogP contribution is 2.38. The van der Waals surface area contributed by atoms with E-state index in [-0.39, 0.29) is 11.8 Å². The molecular weight excluding hydrogens is 258 g/mol. The smallest absolute Gasteiger partial charge is 0.165 e. The third-order valence-electron chi connectivity index (χ3n) is 4.44. The summed E-state index contributed by atoms with van der Waals surface area (Å²) in [5, 5.41) is 0. The average molecular weight is 279 g/mol. The summed E-state index contributed by atoms with van der Waals surface area (Å²) < 4.78 is 0. The first kappa shape index (κ1) is 14.0. The monoisotopic (exact) mass is 279 g/mol. The Labute approximate surface area is 126 Å². The Morgan fingerprint density at radius 1 is 1.05 bits per heavy atom. The second kappa shape index (κ2) is 6.23. The molecule has 2 aromatic carbocycles. The lowest BCUT2D eigenvalue weighted by molar-refractivity contribution is 0.0972. The van der Waals surface area contributed by atoms with Crippen LogP contribution in [0.4, 0.5) is 0 Å². The zero-order valence-electron chi connectivity index (χ0n) is 12.2. The zero-order chi connectivity index (χ0) is 14.7. The second-order valence-electron chi connectivity index (χ2n) is 5.86. The van der Waals surface area contributed by atoms with Gasteiger partial charge in [-0.05, 0) is 29.9 Å². The molecule has 0 saturated heterocycles. The lowest BCUT2D eigenvalue weighted by atomic mass is 9.77. The topological polar surface area (TPSA) is 43.1 Å². The van der Waals surface area contributed by atoms with Crippen molar-refractivity contribution in [3.05, 3.63) is 71.3 Å². The molecular formula is C19H21NO. The summed E-state index contributed by atoms with van der Waals surface area (Å²) in [5.74, 6) is 0.729. The standard InChI is InChI=1S/C19H21NO/c20-18(15-7-2-1-3-8-15)13-19(21)17-12-5-4-11-16(17)14-9-6-10-14/h1-5,7-8,11-12,14,18H,6,9-10,13,20H2. The molecule has 2 nitrogen and oxygen atoms in total. The highest BCUT2D eigenvalue weighted by atomic mass is 16.1. The van der Waals surface area contributed by atoms with Crippen molar-refractivity contribution in [1.82, 2.24) is 0 Å². The Bertz CT molecular complexity index is 616. The van der Waals surface area contributed by atoms with Crippen LogP contribution in [0.25, 0.3) is 0 Å². The molecule has 0 spiro atoms. The van der Waals surface area contributed by atoms with Gasteiger partial charge in [-0.15, -0.1) is 0 Å². The molecule has 0 aliphatic heterocycles. The summed E-state index contributed by atoms with van der Waals surface area (Å²) in [6.45, 7) is 0. The molecule has 1 saturated carbocycles. The minimum atomic E-state index is -0.229. The zero-order valence-corrected chi connectivity index (χ0v) is 12.2. The van der Waals surface area contributed by atoms with E-state index in [1.807, 2.05) is 48.5 Å². The van der Waals surface area contributed by atoms with Crippen molar-refractivity contribution >= 4 is 5.78 Å². The number of benzene rings is 2. The maximum atomic E-state index is 12.6. The van der Waals surface area contributed by atoms with E-state index in [0.717, 1.165) is 11.1 Å². The van der Waals surface area contributed by atoms with Crippen molar-refractivity contribution in [2.45, 2.75) is 37.6 Å². The van der Waals surface area contributed by atoms with Gasteiger partial charge in [-0.2, -0.15) is 0 Å². The van der Waals surface area contributed by atoms with Crippen LogP contribution in [0, 0.1) is 0 Å². The molecule has 21 heavy (non-hydrogen) atoms. The van der Waals surface area contributed by atoms with Gasteiger partial charge in [-0.3, -0.25) is 4.79 Å². The van der Waals surface area contributed by atoms with Crippen LogP contribution in [0.2, 0.25) is 0 Å². The lowest BCUT2D eigenvalue weighted by Crippen LogP contribution is -2.18. The molecule has 0 aromatic heterocycles. The first-order valence-corrected chi connectivity index (χ1v) is 7.68. The van der Waals surface area contributed by atoms with Crippen molar-refractivity contribution in [2.75, 3.05) is 0 Å². The Morgan fingerprint density at radius 2 is 1.71 bits per heavy atom. The average Bonchev–Trinajstić information content (AvgIpc) is 2.47. The first-order chi connectivity index (χ1) is 10.3. The number of carbonyl (C=O) groups is 1. The number of hydrogen-bond donors (Lipinski definition) is 1. The number of Topliss-reactive ketones (excluding diaryl/α,β-unsaturated/α-hetero) is 1. The highest BCUT2D eigenvalue weighted by Gasteiger charge is 2.24. The van der Waals surface area contributed by atoms with E-state index in [4.69, 9.17) is 5.73 Å². The molecule has 2 aromatic rings. The molecule has 2 N–H and O–H groups in total. The van der Waals surface area contributed by atoms with Crippen molar-refractivity contribution in [3.63, 3.8) is 0 Å². The van der Waals surface area contributed by atoms with Crippen LogP contribution < -0.4 is 5.73 Å². The molecule has 0 radical (unpaired) electrons. The molecule has 1 unspecified atom stereocenters. The van der Waals surface area contributed by atoms with Crippen molar-refractivity contribution in [1.29, 1.82) is 0 Å². The number of ketones is 1. The lowest BCUT2D eigenvalue weighted by Gasteiger charge is -2.27. The Balaban J connectivity index is 1.76. The summed E-state index contributed by atoms with van der Waals surface area (Å²) in [4.78, 5) is 12.6. The summed E-state index contributed by atoms with van der Waals surface area (Å²) >= 11 is 0. The fraction of sp³-hybridized carbons (Fsp3) is 0.316. The summed E-state index contributed by atoms with van der Waals surface area (Å²) in [7, 11) is 0. The first-order valence-electron chi connectivity index (χ1n) is 7.68. The van der Waals surface area contributed by atoms with Gasteiger partial charge in [0.15, 0.2) is 5.78 Å². The quantitative estimate of drug-likeness (QED) is 0.832. The van der Waals surface area contributed by atoms with Crippen LogP contribution in [0.3, 0.4) is 0 Å². The Morgan fingerprint density at radius 3 is 2.38 bits per heavy atom. The van der Waals surface area contributed by atoms with Crippen LogP contribution in [0.15, 0.2) is 54.6 Å². The maximum Gasteiger partial charge on any atom is 0.165 e. The summed E-state index contributed by atoms with van der Waals surface area (Å²) in [5.41, 5.74) is 9.29. The Kier molecular flexibility index (Phi) is 4.16. The van der Waals surface area contributed by atoms with E-state index < -0.39 is 0 Å². The van der Waals surface area contributed by atoms with Gasteiger partial charge in [-0.1, -0.05) is 61.0 Å². The molecule has 108 valence electrons. The molecule has 1 aliphatic rings. The molecule has 0 bridgehead atoms. The van der Waals surface area contributed by atoms with Crippen LogP contribution in [-0.4, -0.2) is 5.78 Å². The van der Waals surface area contributed by atoms with Gasteiger partial charge in [0.25, 0.3) is 0 Å². The number of nitrogens with two attached hydrogens (primary N) is 1. The molecule has 0 amide bonds. The predicted molar refractivity (Wildman–Crippen MR) is 85.4 cm³/mol. The van der Waals surface area contributed by atoms with Gasteiger partial charge in [0.05, 0.1) is 0 Å². The number of rotatable bonds is 5. The summed E-state index contributed by atoms with van der Waals surface area (Å²) in [6.07, 6.45) is 4.05. The predicted octanol–water partition coefficient (Wildman–Crippen LogP) is 4.23. The number of hydrogen-bond acceptors (Lipinski definition) is 2. The van der Waals surface area contributed by atoms with Gasteiger partial charge in [0.1, 0.15) is 0 Å².